The molecule has 1 aromatic carbocycles. The Morgan fingerprint density at radius 3 is 2.35 bits per heavy atom. The minimum Gasteiger partial charge on any atom is -0.493 e. The number of hydrogen-bond acceptors (Lipinski definition) is 8. The van der Waals surface area contributed by atoms with Crippen LogP contribution in [0.1, 0.15) is 16.1 Å². The highest BCUT2D eigenvalue weighted by atomic mass is 16.5. The Labute approximate surface area is 149 Å². The van der Waals surface area contributed by atoms with Gasteiger partial charge in [-0.3, -0.25) is 0 Å². The lowest BCUT2D eigenvalue weighted by atomic mass is 10.2. The largest absolute Gasteiger partial charge is 0.493 e. The van der Waals surface area contributed by atoms with Crippen LogP contribution in [0, 0.1) is 0 Å². The van der Waals surface area contributed by atoms with Crippen LogP contribution in [0.3, 0.4) is 0 Å². The van der Waals surface area contributed by atoms with Gasteiger partial charge in [-0.1, -0.05) is 5.16 Å². The van der Waals surface area contributed by atoms with Crippen LogP contribution in [0.5, 0.6) is 17.2 Å². The van der Waals surface area contributed by atoms with Gasteiger partial charge in [0.2, 0.25) is 11.5 Å². The highest BCUT2D eigenvalue weighted by molar-refractivity contribution is 5.91. The van der Waals surface area contributed by atoms with Crippen molar-refractivity contribution in [3.63, 3.8) is 0 Å². The summed E-state index contributed by atoms with van der Waals surface area (Å²) < 4.78 is 31.3. The standard InChI is InChI=1S/C18H17NO7/c1-21-15-7-11(8-16(22-2)17(15)23-3)18(20)25-10-12-9-14(26-19-12)13-5-4-6-24-13/h4-9H,10H2,1-3H3. The van der Waals surface area contributed by atoms with Crippen molar-refractivity contribution in [3.8, 4) is 28.8 Å². The number of ether oxygens (including phenoxy) is 4. The lowest BCUT2D eigenvalue weighted by Gasteiger charge is -2.13. The Morgan fingerprint density at radius 2 is 1.77 bits per heavy atom. The molecule has 0 fully saturated rings. The van der Waals surface area contributed by atoms with Crippen LogP contribution in [-0.2, 0) is 11.3 Å². The number of nitrogens with zero attached hydrogens (tertiary/aromatic N) is 1. The van der Waals surface area contributed by atoms with Crippen LogP contribution in [0.4, 0.5) is 0 Å². The normalized spacial score (nSPS) is 10.4. The number of carbonyl (C=O) groups excluding carboxylic acids is 1. The summed E-state index contributed by atoms with van der Waals surface area (Å²) in [6.45, 7) is -0.0559. The number of aromatic nitrogens is 1. The third-order valence-electron chi connectivity index (χ3n) is 3.57. The Kier molecular flexibility index (Phi) is 5.12. The number of carbonyl (C=O) groups is 1. The number of benzene rings is 1. The van der Waals surface area contributed by atoms with E-state index in [4.69, 9.17) is 27.9 Å². The van der Waals surface area contributed by atoms with Crippen molar-refractivity contribution in [1.29, 1.82) is 0 Å². The molecule has 8 heteroatoms. The average molecular weight is 359 g/mol. The van der Waals surface area contributed by atoms with E-state index in [1.807, 2.05) is 0 Å². The van der Waals surface area contributed by atoms with E-state index in [2.05, 4.69) is 5.16 Å². The van der Waals surface area contributed by atoms with Crippen LogP contribution in [0.25, 0.3) is 11.5 Å². The van der Waals surface area contributed by atoms with Crippen molar-refractivity contribution in [3.05, 3.63) is 47.9 Å². The van der Waals surface area contributed by atoms with E-state index in [0.717, 1.165) is 0 Å². The van der Waals surface area contributed by atoms with E-state index in [0.29, 0.717) is 34.5 Å². The summed E-state index contributed by atoms with van der Waals surface area (Å²) >= 11 is 0. The molecule has 0 atom stereocenters. The SMILES string of the molecule is COc1cc(C(=O)OCc2cc(-c3ccco3)on2)cc(OC)c1OC. The quantitative estimate of drug-likeness (QED) is 0.593. The maximum Gasteiger partial charge on any atom is 0.338 e. The van der Waals surface area contributed by atoms with Gasteiger partial charge in [0.25, 0.3) is 0 Å². The smallest absolute Gasteiger partial charge is 0.338 e. The second-order valence-electron chi connectivity index (χ2n) is 5.15. The molecule has 0 aliphatic carbocycles. The van der Waals surface area contributed by atoms with Crippen LogP contribution in [0.15, 0.2) is 45.5 Å². The number of furan rings is 1. The number of rotatable bonds is 7. The summed E-state index contributed by atoms with van der Waals surface area (Å²) in [4.78, 5) is 12.3. The number of methoxy groups -OCH3 is 3. The van der Waals surface area contributed by atoms with E-state index in [1.165, 1.54) is 39.7 Å². The fraction of sp³-hybridized carbons (Fsp3) is 0.222. The minimum atomic E-state index is -0.563. The molecule has 0 spiro atoms. The van der Waals surface area contributed by atoms with Gasteiger partial charge in [-0.25, -0.2) is 4.79 Å². The molecule has 3 rings (SSSR count). The number of esters is 1. The molecule has 0 saturated heterocycles. The highest BCUT2D eigenvalue weighted by Gasteiger charge is 2.18. The summed E-state index contributed by atoms with van der Waals surface area (Å²) in [5.74, 6) is 1.55. The summed E-state index contributed by atoms with van der Waals surface area (Å²) in [7, 11) is 4.43. The third-order valence-corrected chi connectivity index (χ3v) is 3.57. The maximum atomic E-state index is 12.3. The first-order valence-corrected chi connectivity index (χ1v) is 7.63. The predicted molar refractivity (Wildman–Crippen MR) is 89.4 cm³/mol. The molecule has 0 amide bonds. The first kappa shape index (κ1) is 17.4. The van der Waals surface area contributed by atoms with E-state index in [-0.39, 0.29) is 12.2 Å². The van der Waals surface area contributed by atoms with E-state index < -0.39 is 5.97 Å². The second-order valence-corrected chi connectivity index (χ2v) is 5.15. The van der Waals surface area contributed by atoms with Crippen LogP contribution >= 0.6 is 0 Å². The molecule has 0 aliphatic rings. The number of hydrogen-bond donors (Lipinski definition) is 0. The lowest BCUT2D eigenvalue weighted by Crippen LogP contribution is -2.07. The molecule has 2 heterocycles. The molecule has 3 aromatic rings. The summed E-state index contributed by atoms with van der Waals surface area (Å²) in [5.41, 5.74) is 0.714. The van der Waals surface area contributed by atoms with Crippen LogP contribution < -0.4 is 14.2 Å². The molecule has 0 bridgehead atoms. The summed E-state index contributed by atoms with van der Waals surface area (Å²) in [6.07, 6.45) is 1.53. The first-order valence-electron chi connectivity index (χ1n) is 7.63. The third kappa shape index (κ3) is 3.49. The van der Waals surface area contributed by atoms with Crippen LogP contribution in [0.2, 0.25) is 0 Å². The van der Waals surface area contributed by atoms with Gasteiger partial charge in [0.15, 0.2) is 17.3 Å². The lowest BCUT2D eigenvalue weighted by molar-refractivity contribution is 0.0463. The Balaban J connectivity index is 1.72. The van der Waals surface area contributed by atoms with E-state index >= 15 is 0 Å². The molecule has 0 unspecified atom stereocenters. The van der Waals surface area contributed by atoms with Crippen molar-refractivity contribution in [2.45, 2.75) is 6.61 Å². The van der Waals surface area contributed by atoms with Crippen molar-refractivity contribution in [2.24, 2.45) is 0 Å². The molecule has 8 nitrogen and oxygen atoms in total. The van der Waals surface area contributed by atoms with Crippen molar-refractivity contribution >= 4 is 5.97 Å². The van der Waals surface area contributed by atoms with Gasteiger partial charge < -0.3 is 27.9 Å². The molecule has 0 radical (unpaired) electrons. The van der Waals surface area contributed by atoms with E-state index in [9.17, 15) is 4.79 Å². The monoisotopic (exact) mass is 359 g/mol. The van der Waals surface area contributed by atoms with Gasteiger partial charge in [0.1, 0.15) is 12.3 Å². The van der Waals surface area contributed by atoms with Crippen molar-refractivity contribution < 1.29 is 32.7 Å². The fourth-order valence-electron chi connectivity index (χ4n) is 2.34. The Morgan fingerprint density at radius 1 is 1.04 bits per heavy atom. The van der Waals surface area contributed by atoms with Gasteiger partial charge in [0, 0.05) is 6.07 Å². The van der Waals surface area contributed by atoms with Gasteiger partial charge in [-0.15, -0.1) is 0 Å². The second kappa shape index (κ2) is 7.64. The Hall–Kier alpha value is -3.42. The summed E-state index contributed by atoms with van der Waals surface area (Å²) in [5, 5.41) is 3.85. The van der Waals surface area contributed by atoms with Gasteiger partial charge in [-0.05, 0) is 24.3 Å². The fourth-order valence-corrected chi connectivity index (χ4v) is 2.34. The zero-order valence-corrected chi connectivity index (χ0v) is 14.5. The molecule has 0 aliphatic heterocycles. The average Bonchev–Trinajstić information content (AvgIpc) is 3.36. The van der Waals surface area contributed by atoms with E-state index in [1.54, 1.807) is 18.2 Å². The van der Waals surface area contributed by atoms with Crippen molar-refractivity contribution in [2.75, 3.05) is 21.3 Å². The predicted octanol–water partition coefficient (Wildman–Crippen LogP) is 3.32. The molecule has 2 aromatic heterocycles. The molecule has 26 heavy (non-hydrogen) atoms. The van der Waals surface area contributed by atoms with Gasteiger partial charge >= 0.3 is 5.97 Å². The molecular weight excluding hydrogens is 342 g/mol. The summed E-state index contributed by atoms with van der Waals surface area (Å²) in [6, 6.07) is 8.15. The highest BCUT2D eigenvalue weighted by Crippen LogP contribution is 2.38. The topological polar surface area (TPSA) is 93.2 Å². The zero-order chi connectivity index (χ0) is 18.5. The Bertz CT molecular complexity index is 858. The van der Waals surface area contributed by atoms with Gasteiger partial charge in [-0.2, -0.15) is 0 Å². The first-order chi connectivity index (χ1) is 12.7. The van der Waals surface area contributed by atoms with Crippen LogP contribution in [-0.4, -0.2) is 32.5 Å². The molecule has 136 valence electrons. The molecular formula is C18H17NO7. The molecule has 0 saturated carbocycles. The molecule has 0 N–H and O–H groups in total. The van der Waals surface area contributed by atoms with Crippen molar-refractivity contribution in [1.82, 2.24) is 5.16 Å². The maximum absolute atomic E-state index is 12.3. The van der Waals surface area contributed by atoms with Gasteiger partial charge in [0.05, 0.1) is 33.2 Å². The minimum absolute atomic E-state index is 0.0559. The zero-order valence-electron chi connectivity index (χ0n) is 14.5.